The van der Waals surface area contributed by atoms with Crippen molar-refractivity contribution in [2.75, 3.05) is 13.2 Å². The normalized spacial score (nSPS) is 12.3. The predicted molar refractivity (Wildman–Crippen MR) is 73.9 cm³/mol. The third-order valence-corrected chi connectivity index (χ3v) is 2.81. The van der Waals surface area contributed by atoms with Crippen molar-refractivity contribution in [1.29, 1.82) is 0 Å². The van der Waals surface area contributed by atoms with Gasteiger partial charge >= 0.3 is 0 Å². The molecule has 5 heteroatoms. The van der Waals surface area contributed by atoms with Crippen LogP contribution in [0.15, 0.2) is 36.5 Å². The van der Waals surface area contributed by atoms with E-state index < -0.39 is 11.9 Å². The Bertz CT molecular complexity index is 566. The molecule has 1 atom stereocenters. The number of hydrogen-bond acceptors (Lipinski definition) is 4. The largest absolute Gasteiger partial charge is 0.491 e. The number of carbonyl (C=O) groups is 1. The Morgan fingerprint density at radius 2 is 2.26 bits per heavy atom. The van der Waals surface area contributed by atoms with Crippen molar-refractivity contribution >= 4 is 16.8 Å². The van der Waals surface area contributed by atoms with Crippen LogP contribution in [0.3, 0.4) is 0 Å². The number of primary amides is 1. The quantitative estimate of drug-likeness (QED) is 0.813. The van der Waals surface area contributed by atoms with Gasteiger partial charge in [0.1, 0.15) is 18.4 Å². The van der Waals surface area contributed by atoms with Gasteiger partial charge in [0.2, 0.25) is 5.91 Å². The first-order chi connectivity index (χ1) is 9.22. The standard InChI is InChI=1S/C14H17N3O2/c1-2-16-12(14(15)18)9-19-13-7-3-6-11-10(13)5-4-8-17-11/h3-8,12,16H,2,9H2,1H3,(H2,15,18). The van der Waals surface area contributed by atoms with Gasteiger partial charge in [-0.3, -0.25) is 9.78 Å². The summed E-state index contributed by atoms with van der Waals surface area (Å²) in [5.41, 5.74) is 6.17. The zero-order valence-corrected chi connectivity index (χ0v) is 10.8. The lowest BCUT2D eigenvalue weighted by Crippen LogP contribution is -2.45. The van der Waals surface area contributed by atoms with Crippen molar-refractivity contribution in [3.05, 3.63) is 36.5 Å². The average Bonchev–Trinajstić information content (AvgIpc) is 2.43. The molecule has 0 bridgehead atoms. The highest BCUT2D eigenvalue weighted by Crippen LogP contribution is 2.23. The van der Waals surface area contributed by atoms with Crippen molar-refractivity contribution in [3.63, 3.8) is 0 Å². The molecule has 1 aromatic carbocycles. The van der Waals surface area contributed by atoms with Gasteiger partial charge in [0.05, 0.1) is 5.52 Å². The molecule has 1 amide bonds. The summed E-state index contributed by atoms with van der Waals surface area (Å²) < 4.78 is 5.69. The minimum atomic E-state index is -0.489. The van der Waals surface area contributed by atoms with Crippen LogP contribution in [0.4, 0.5) is 0 Å². The average molecular weight is 259 g/mol. The van der Waals surface area contributed by atoms with Crippen LogP contribution in [0.2, 0.25) is 0 Å². The van der Waals surface area contributed by atoms with Gasteiger partial charge in [0, 0.05) is 11.6 Å². The second-order valence-corrected chi connectivity index (χ2v) is 4.15. The van der Waals surface area contributed by atoms with Crippen LogP contribution in [-0.4, -0.2) is 30.1 Å². The number of nitrogens with zero attached hydrogens (tertiary/aromatic N) is 1. The van der Waals surface area contributed by atoms with E-state index in [1.165, 1.54) is 0 Å². The smallest absolute Gasteiger partial charge is 0.238 e. The van der Waals surface area contributed by atoms with Crippen LogP contribution < -0.4 is 15.8 Å². The fourth-order valence-electron chi connectivity index (χ4n) is 1.86. The van der Waals surface area contributed by atoms with Gasteiger partial charge in [0.25, 0.3) is 0 Å². The van der Waals surface area contributed by atoms with Gasteiger partial charge in [-0.1, -0.05) is 13.0 Å². The molecule has 0 saturated carbocycles. The van der Waals surface area contributed by atoms with Crippen LogP contribution in [-0.2, 0) is 4.79 Å². The van der Waals surface area contributed by atoms with E-state index in [9.17, 15) is 4.79 Å². The highest BCUT2D eigenvalue weighted by Gasteiger charge is 2.15. The first kappa shape index (κ1) is 13.3. The summed E-state index contributed by atoms with van der Waals surface area (Å²) >= 11 is 0. The highest BCUT2D eigenvalue weighted by molar-refractivity contribution is 5.85. The summed E-state index contributed by atoms with van der Waals surface area (Å²) in [6.45, 7) is 2.78. The summed E-state index contributed by atoms with van der Waals surface area (Å²) in [4.78, 5) is 15.5. The van der Waals surface area contributed by atoms with Crippen LogP contribution in [0.25, 0.3) is 10.9 Å². The van der Waals surface area contributed by atoms with Crippen LogP contribution in [0.5, 0.6) is 5.75 Å². The van der Waals surface area contributed by atoms with Crippen molar-refractivity contribution in [3.8, 4) is 5.75 Å². The molecule has 19 heavy (non-hydrogen) atoms. The Morgan fingerprint density at radius 3 is 3.00 bits per heavy atom. The molecule has 2 rings (SSSR count). The first-order valence-electron chi connectivity index (χ1n) is 6.21. The molecule has 1 unspecified atom stereocenters. The van der Waals surface area contributed by atoms with E-state index in [4.69, 9.17) is 10.5 Å². The number of pyridine rings is 1. The van der Waals surface area contributed by atoms with E-state index in [1.807, 2.05) is 37.3 Å². The third-order valence-electron chi connectivity index (χ3n) is 2.81. The predicted octanol–water partition coefficient (Wildman–Crippen LogP) is 1.08. The van der Waals surface area contributed by atoms with Gasteiger partial charge in [-0.15, -0.1) is 0 Å². The lowest BCUT2D eigenvalue weighted by atomic mass is 10.2. The SMILES string of the molecule is CCNC(COc1cccc2ncccc12)C(N)=O. The third kappa shape index (κ3) is 3.20. The number of hydrogen-bond donors (Lipinski definition) is 2. The number of nitrogens with one attached hydrogen (secondary N) is 1. The fraction of sp³-hybridized carbons (Fsp3) is 0.286. The van der Waals surface area contributed by atoms with Gasteiger partial charge in [-0.2, -0.15) is 0 Å². The Balaban J connectivity index is 2.15. The molecule has 2 aromatic rings. The lowest BCUT2D eigenvalue weighted by molar-refractivity contribution is -0.120. The minimum Gasteiger partial charge on any atom is -0.491 e. The summed E-state index contributed by atoms with van der Waals surface area (Å²) in [5, 5.41) is 3.91. The lowest BCUT2D eigenvalue weighted by Gasteiger charge is -2.16. The first-order valence-corrected chi connectivity index (χ1v) is 6.21. The fourth-order valence-corrected chi connectivity index (χ4v) is 1.86. The maximum Gasteiger partial charge on any atom is 0.238 e. The Labute approximate surface area is 111 Å². The number of aromatic nitrogens is 1. The van der Waals surface area contributed by atoms with Crippen molar-refractivity contribution < 1.29 is 9.53 Å². The molecule has 0 fully saturated rings. The maximum atomic E-state index is 11.2. The molecule has 1 aromatic heterocycles. The number of ether oxygens (including phenoxy) is 1. The summed E-state index contributed by atoms with van der Waals surface area (Å²) in [7, 11) is 0. The number of benzene rings is 1. The van der Waals surface area contributed by atoms with Crippen LogP contribution >= 0.6 is 0 Å². The summed E-state index contributed by atoms with van der Waals surface area (Å²) in [5.74, 6) is 0.287. The molecule has 0 aliphatic carbocycles. The van der Waals surface area contributed by atoms with Crippen molar-refractivity contribution in [2.24, 2.45) is 5.73 Å². The zero-order valence-electron chi connectivity index (χ0n) is 10.8. The molecule has 0 spiro atoms. The van der Waals surface area contributed by atoms with E-state index in [1.54, 1.807) is 6.20 Å². The molecule has 0 saturated heterocycles. The van der Waals surface area contributed by atoms with Crippen LogP contribution in [0, 0.1) is 0 Å². The molecular weight excluding hydrogens is 242 g/mol. The van der Waals surface area contributed by atoms with E-state index in [0.29, 0.717) is 12.3 Å². The van der Waals surface area contributed by atoms with E-state index in [-0.39, 0.29) is 6.61 Å². The second-order valence-electron chi connectivity index (χ2n) is 4.15. The molecule has 0 radical (unpaired) electrons. The van der Waals surface area contributed by atoms with Gasteiger partial charge in [-0.05, 0) is 30.8 Å². The van der Waals surface area contributed by atoms with Gasteiger partial charge in [0.15, 0.2) is 0 Å². The Hall–Kier alpha value is -2.14. The summed E-state index contributed by atoms with van der Waals surface area (Å²) in [6, 6.07) is 8.94. The monoisotopic (exact) mass is 259 g/mol. The molecule has 1 heterocycles. The highest BCUT2D eigenvalue weighted by atomic mass is 16.5. The maximum absolute atomic E-state index is 11.2. The minimum absolute atomic E-state index is 0.206. The number of nitrogens with two attached hydrogens (primary N) is 1. The Kier molecular flexibility index (Phi) is 4.30. The van der Waals surface area contributed by atoms with E-state index in [0.717, 1.165) is 10.9 Å². The number of carbonyl (C=O) groups excluding carboxylic acids is 1. The molecule has 100 valence electrons. The molecular formula is C14H17N3O2. The van der Waals surface area contributed by atoms with E-state index >= 15 is 0 Å². The number of rotatable bonds is 6. The number of likely N-dealkylation sites (N-methyl/N-ethyl adjacent to an activating group) is 1. The molecule has 3 N–H and O–H groups in total. The van der Waals surface area contributed by atoms with Gasteiger partial charge in [-0.25, -0.2) is 0 Å². The molecule has 5 nitrogen and oxygen atoms in total. The van der Waals surface area contributed by atoms with Crippen molar-refractivity contribution in [1.82, 2.24) is 10.3 Å². The van der Waals surface area contributed by atoms with Crippen molar-refractivity contribution in [2.45, 2.75) is 13.0 Å². The topological polar surface area (TPSA) is 77.2 Å². The molecule has 0 aliphatic rings. The number of fused-ring (bicyclic) bond motifs is 1. The summed E-state index contributed by atoms with van der Waals surface area (Å²) in [6.07, 6.45) is 1.73. The van der Waals surface area contributed by atoms with Gasteiger partial charge < -0.3 is 15.8 Å². The molecule has 0 aliphatic heterocycles. The zero-order chi connectivity index (χ0) is 13.7. The number of amides is 1. The van der Waals surface area contributed by atoms with E-state index in [2.05, 4.69) is 10.3 Å². The Morgan fingerprint density at radius 1 is 1.42 bits per heavy atom. The second kappa shape index (κ2) is 6.15. The van der Waals surface area contributed by atoms with Crippen LogP contribution in [0.1, 0.15) is 6.92 Å².